The minimum absolute atomic E-state index is 0.00443. The molecule has 0 aliphatic carbocycles. The highest BCUT2D eigenvalue weighted by molar-refractivity contribution is 5.81. The van der Waals surface area contributed by atoms with Gasteiger partial charge >= 0.3 is 0 Å². The minimum atomic E-state index is -0.313. The quantitative estimate of drug-likeness (QED) is 0.651. The molecule has 0 aliphatic heterocycles. The van der Waals surface area contributed by atoms with Gasteiger partial charge in [0.25, 0.3) is 0 Å². The number of amides is 1. The van der Waals surface area contributed by atoms with E-state index in [1.807, 2.05) is 37.3 Å². The van der Waals surface area contributed by atoms with Crippen LogP contribution in [0, 0.1) is 0 Å². The maximum atomic E-state index is 12.1. The largest absolute Gasteiger partial charge is 0.395 e. The smallest absolute Gasteiger partial charge is 0.237 e. The van der Waals surface area contributed by atoms with Crippen molar-refractivity contribution < 1.29 is 9.90 Å². The van der Waals surface area contributed by atoms with Crippen LogP contribution in [-0.4, -0.2) is 35.7 Å². The monoisotopic (exact) mass is 292 g/mol. The fourth-order valence-electron chi connectivity index (χ4n) is 2.32. The number of aliphatic hydroxyl groups excluding tert-OH is 1. The predicted molar refractivity (Wildman–Crippen MR) is 86.1 cm³/mol. The molecule has 0 spiro atoms. The first-order valence-corrected chi connectivity index (χ1v) is 7.81. The maximum absolute atomic E-state index is 12.1. The van der Waals surface area contributed by atoms with Crippen LogP contribution in [0.15, 0.2) is 30.3 Å². The normalized spacial score (nSPS) is 14.0. The second-order valence-corrected chi connectivity index (χ2v) is 5.48. The van der Waals surface area contributed by atoms with Crippen molar-refractivity contribution in [2.75, 3.05) is 6.61 Å². The molecule has 0 aliphatic rings. The summed E-state index contributed by atoms with van der Waals surface area (Å²) in [6.45, 7) is 5.99. The molecule has 0 radical (unpaired) electrons. The molecule has 21 heavy (non-hydrogen) atoms. The first kappa shape index (κ1) is 17.7. The standard InChI is InChI=1S/C17H28N2O2/c1-4-15(5-2)19-17(21)13(3)18-16(12-20)11-14-9-7-6-8-10-14/h6-10,13,15-16,18,20H,4-5,11-12H2,1-3H3,(H,19,21). The Bertz CT molecular complexity index is 405. The van der Waals surface area contributed by atoms with Crippen molar-refractivity contribution in [1.29, 1.82) is 0 Å². The molecular formula is C17H28N2O2. The number of benzene rings is 1. The summed E-state index contributed by atoms with van der Waals surface area (Å²) in [6, 6.07) is 9.78. The summed E-state index contributed by atoms with van der Waals surface area (Å²) in [4.78, 5) is 12.1. The van der Waals surface area contributed by atoms with Crippen LogP contribution in [0.1, 0.15) is 39.2 Å². The van der Waals surface area contributed by atoms with Gasteiger partial charge in [-0.1, -0.05) is 44.2 Å². The second-order valence-electron chi connectivity index (χ2n) is 5.48. The number of hydrogen-bond donors (Lipinski definition) is 3. The molecule has 0 aromatic heterocycles. The molecule has 1 rings (SSSR count). The Kier molecular flexibility index (Phi) is 8.01. The van der Waals surface area contributed by atoms with Gasteiger partial charge in [-0.15, -0.1) is 0 Å². The predicted octanol–water partition coefficient (Wildman–Crippen LogP) is 1.87. The Morgan fingerprint density at radius 2 is 1.76 bits per heavy atom. The lowest BCUT2D eigenvalue weighted by Crippen LogP contribution is -2.50. The van der Waals surface area contributed by atoms with Crippen LogP contribution >= 0.6 is 0 Å². The summed E-state index contributed by atoms with van der Waals surface area (Å²) < 4.78 is 0. The van der Waals surface area contributed by atoms with Gasteiger partial charge in [0.05, 0.1) is 12.6 Å². The number of hydrogen-bond acceptors (Lipinski definition) is 3. The van der Waals surface area contributed by atoms with E-state index in [9.17, 15) is 9.90 Å². The van der Waals surface area contributed by atoms with Crippen LogP contribution in [0.3, 0.4) is 0 Å². The molecule has 1 aromatic rings. The summed E-state index contributed by atoms with van der Waals surface area (Å²) in [7, 11) is 0. The van der Waals surface area contributed by atoms with E-state index in [0.29, 0.717) is 6.42 Å². The van der Waals surface area contributed by atoms with Crippen molar-refractivity contribution in [2.24, 2.45) is 0 Å². The summed E-state index contributed by atoms with van der Waals surface area (Å²) in [6.07, 6.45) is 2.57. The molecule has 2 unspecified atom stereocenters. The Hall–Kier alpha value is -1.39. The zero-order valence-electron chi connectivity index (χ0n) is 13.3. The summed E-state index contributed by atoms with van der Waals surface area (Å²) in [5.41, 5.74) is 1.15. The Morgan fingerprint density at radius 3 is 2.29 bits per heavy atom. The average Bonchev–Trinajstić information content (AvgIpc) is 2.52. The molecule has 0 saturated heterocycles. The van der Waals surface area contributed by atoms with Gasteiger partial charge in [0.1, 0.15) is 0 Å². The van der Waals surface area contributed by atoms with Gasteiger partial charge in [-0.3, -0.25) is 4.79 Å². The van der Waals surface area contributed by atoms with E-state index in [4.69, 9.17) is 0 Å². The van der Waals surface area contributed by atoms with Crippen LogP contribution in [0.25, 0.3) is 0 Å². The first-order chi connectivity index (χ1) is 10.1. The number of carbonyl (C=O) groups excluding carboxylic acids is 1. The van der Waals surface area contributed by atoms with Gasteiger partial charge in [0, 0.05) is 12.1 Å². The van der Waals surface area contributed by atoms with Crippen molar-refractivity contribution in [3.8, 4) is 0 Å². The molecule has 4 heteroatoms. The first-order valence-electron chi connectivity index (χ1n) is 7.81. The Labute approximate surface area is 128 Å². The van der Waals surface area contributed by atoms with Crippen LogP contribution < -0.4 is 10.6 Å². The van der Waals surface area contributed by atoms with Gasteiger partial charge in [-0.25, -0.2) is 0 Å². The van der Waals surface area contributed by atoms with Crippen molar-refractivity contribution >= 4 is 5.91 Å². The lowest BCUT2D eigenvalue weighted by atomic mass is 10.1. The molecule has 1 amide bonds. The number of rotatable bonds is 9. The highest BCUT2D eigenvalue weighted by Crippen LogP contribution is 2.04. The number of aliphatic hydroxyl groups is 1. The topological polar surface area (TPSA) is 61.4 Å². The van der Waals surface area contributed by atoms with Crippen LogP contribution in [0.2, 0.25) is 0 Å². The second kappa shape index (κ2) is 9.53. The van der Waals surface area contributed by atoms with E-state index in [2.05, 4.69) is 24.5 Å². The van der Waals surface area contributed by atoms with E-state index in [1.54, 1.807) is 0 Å². The Morgan fingerprint density at radius 1 is 1.14 bits per heavy atom. The number of carbonyl (C=O) groups is 1. The Balaban J connectivity index is 2.50. The third kappa shape index (κ3) is 6.27. The van der Waals surface area contributed by atoms with E-state index in [-0.39, 0.29) is 30.6 Å². The molecular weight excluding hydrogens is 264 g/mol. The molecule has 3 N–H and O–H groups in total. The van der Waals surface area contributed by atoms with Crippen molar-refractivity contribution in [3.63, 3.8) is 0 Å². The van der Waals surface area contributed by atoms with Crippen molar-refractivity contribution in [1.82, 2.24) is 10.6 Å². The molecule has 0 fully saturated rings. The van der Waals surface area contributed by atoms with Gasteiger partial charge in [-0.05, 0) is 31.7 Å². The summed E-state index contributed by atoms with van der Waals surface area (Å²) in [5, 5.41) is 15.7. The molecule has 0 heterocycles. The van der Waals surface area contributed by atoms with Crippen molar-refractivity contribution in [3.05, 3.63) is 35.9 Å². The van der Waals surface area contributed by atoms with E-state index >= 15 is 0 Å². The van der Waals surface area contributed by atoms with Crippen LogP contribution in [-0.2, 0) is 11.2 Å². The highest BCUT2D eigenvalue weighted by atomic mass is 16.3. The average molecular weight is 292 g/mol. The highest BCUT2D eigenvalue weighted by Gasteiger charge is 2.19. The lowest BCUT2D eigenvalue weighted by molar-refractivity contribution is -0.123. The SMILES string of the molecule is CCC(CC)NC(=O)C(C)NC(CO)Cc1ccccc1. The fraction of sp³-hybridized carbons (Fsp3) is 0.588. The van der Waals surface area contributed by atoms with Crippen LogP contribution in [0.5, 0.6) is 0 Å². The zero-order chi connectivity index (χ0) is 15.7. The van der Waals surface area contributed by atoms with Gasteiger partial charge in [0.15, 0.2) is 0 Å². The fourth-order valence-corrected chi connectivity index (χ4v) is 2.32. The molecule has 0 bridgehead atoms. The third-order valence-electron chi connectivity index (χ3n) is 3.76. The van der Waals surface area contributed by atoms with Crippen LogP contribution in [0.4, 0.5) is 0 Å². The lowest BCUT2D eigenvalue weighted by Gasteiger charge is -2.23. The van der Waals surface area contributed by atoms with Crippen molar-refractivity contribution in [2.45, 2.75) is 58.2 Å². The minimum Gasteiger partial charge on any atom is -0.395 e. The van der Waals surface area contributed by atoms with E-state index in [0.717, 1.165) is 18.4 Å². The molecule has 1 aromatic carbocycles. The third-order valence-corrected chi connectivity index (χ3v) is 3.76. The van der Waals surface area contributed by atoms with Gasteiger partial charge < -0.3 is 15.7 Å². The molecule has 118 valence electrons. The van der Waals surface area contributed by atoms with Gasteiger partial charge in [-0.2, -0.15) is 0 Å². The van der Waals surface area contributed by atoms with Gasteiger partial charge in [0.2, 0.25) is 5.91 Å². The maximum Gasteiger partial charge on any atom is 0.237 e. The van der Waals surface area contributed by atoms with E-state index < -0.39 is 0 Å². The summed E-state index contributed by atoms with van der Waals surface area (Å²) >= 11 is 0. The molecule has 0 saturated carbocycles. The zero-order valence-corrected chi connectivity index (χ0v) is 13.3. The van der Waals surface area contributed by atoms with E-state index in [1.165, 1.54) is 0 Å². The molecule has 4 nitrogen and oxygen atoms in total. The number of nitrogens with one attached hydrogen (secondary N) is 2. The molecule has 2 atom stereocenters. The summed E-state index contributed by atoms with van der Waals surface area (Å²) in [5.74, 6) is -0.00443.